The van der Waals surface area contributed by atoms with E-state index in [0.29, 0.717) is 44.2 Å². The Morgan fingerprint density at radius 2 is 1.92 bits per heavy atom. The van der Waals surface area contributed by atoms with Gasteiger partial charge in [0.15, 0.2) is 6.61 Å². The maximum Gasteiger partial charge on any atom is 0.258 e. The van der Waals surface area contributed by atoms with Gasteiger partial charge < -0.3 is 24.4 Å². The van der Waals surface area contributed by atoms with Gasteiger partial charge in [0.1, 0.15) is 5.75 Å². The molecule has 7 nitrogen and oxygen atoms in total. The first-order valence-corrected chi connectivity index (χ1v) is 8.70. The van der Waals surface area contributed by atoms with Crippen LogP contribution in [0.25, 0.3) is 0 Å². The Bertz CT molecular complexity index is 578. The minimum Gasteiger partial charge on any atom is -0.484 e. The van der Waals surface area contributed by atoms with Gasteiger partial charge in [0.2, 0.25) is 0 Å². The molecule has 2 amide bonds. The zero-order chi connectivity index (χ0) is 17.5. The van der Waals surface area contributed by atoms with Gasteiger partial charge in [-0.05, 0) is 37.1 Å². The average molecular weight is 348 g/mol. The molecule has 0 saturated carbocycles. The fourth-order valence-corrected chi connectivity index (χ4v) is 2.88. The Morgan fingerprint density at radius 1 is 1.16 bits per heavy atom. The van der Waals surface area contributed by atoms with Gasteiger partial charge in [0, 0.05) is 31.8 Å². The highest BCUT2D eigenvalue weighted by Gasteiger charge is 2.19. The lowest BCUT2D eigenvalue weighted by atomic mass is 10.2. The predicted molar refractivity (Wildman–Crippen MR) is 90.6 cm³/mol. The summed E-state index contributed by atoms with van der Waals surface area (Å²) in [7, 11) is 0. The standard InChI is InChI=1S/C18H24N2O5/c21-17(19-12-16-2-1-9-24-16)13-25-15-5-3-14(4-6-15)18(22)20-7-10-23-11-8-20/h3-6,16H,1-2,7-13H2,(H,19,21). The second kappa shape index (κ2) is 8.82. The smallest absolute Gasteiger partial charge is 0.258 e. The summed E-state index contributed by atoms with van der Waals surface area (Å²) in [6.45, 7) is 3.62. The number of carbonyl (C=O) groups excluding carboxylic acids is 2. The maximum atomic E-state index is 12.3. The quantitative estimate of drug-likeness (QED) is 0.824. The van der Waals surface area contributed by atoms with Gasteiger partial charge in [-0.1, -0.05) is 0 Å². The minimum absolute atomic E-state index is 0.0100. The Balaban J connectivity index is 1.42. The van der Waals surface area contributed by atoms with Crippen molar-refractivity contribution in [3.05, 3.63) is 29.8 Å². The summed E-state index contributed by atoms with van der Waals surface area (Å²) >= 11 is 0. The SMILES string of the molecule is O=C(COc1ccc(C(=O)N2CCOCC2)cc1)NCC1CCCO1. The van der Waals surface area contributed by atoms with E-state index < -0.39 is 0 Å². The number of hydrogen-bond acceptors (Lipinski definition) is 5. The van der Waals surface area contributed by atoms with Crippen molar-refractivity contribution < 1.29 is 23.8 Å². The minimum atomic E-state index is -0.177. The van der Waals surface area contributed by atoms with Crippen LogP contribution in [-0.4, -0.2) is 68.9 Å². The van der Waals surface area contributed by atoms with E-state index in [9.17, 15) is 9.59 Å². The molecule has 1 aromatic carbocycles. The summed E-state index contributed by atoms with van der Waals surface area (Å²) in [5, 5.41) is 2.81. The molecular formula is C18H24N2O5. The van der Waals surface area contributed by atoms with Crippen LogP contribution in [0, 0.1) is 0 Å². The second-order valence-electron chi connectivity index (χ2n) is 6.16. The van der Waals surface area contributed by atoms with E-state index in [2.05, 4.69) is 5.32 Å². The molecule has 3 rings (SSSR count). The highest BCUT2D eigenvalue weighted by Crippen LogP contribution is 2.15. The molecule has 2 heterocycles. The topological polar surface area (TPSA) is 77.1 Å². The lowest BCUT2D eigenvalue weighted by Gasteiger charge is -2.26. The van der Waals surface area contributed by atoms with E-state index >= 15 is 0 Å². The van der Waals surface area contributed by atoms with Crippen molar-refractivity contribution in [1.29, 1.82) is 0 Å². The lowest BCUT2D eigenvalue weighted by molar-refractivity contribution is -0.123. The third-order valence-corrected chi connectivity index (χ3v) is 4.32. The zero-order valence-corrected chi connectivity index (χ0v) is 14.2. The maximum absolute atomic E-state index is 12.3. The average Bonchev–Trinajstić information content (AvgIpc) is 3.19. The first-order valence-electron chi connectivity index (χ1n) is 8.70. The van der Waals surface area contributed by atoms with Crippen molar-refractivity contribution in [3.63, 3.8) is 0 Å². The number of carbonyl (C=O) groups is 2. The van der Waals surface area contributed by atoms with Gasteiger partial charge in [-0.3, -0.25) is 9.59 Å². The number of nitrogens with one attached hydrogen (secondary N) is 1. The van der Waals surface area contributed by atoms with E-state index in [4.69, 9.17) is 14.2 Å². The number of benzene rings is 1. The van der Waals surface area contributed by atoms with Crippen LogP contribution >= 0.6 is 0 Å². The van der Waals surface area contributed by atoms with Crippen LogP contribution in [0.2, 0.25) is 0 Å². The van der Waals surface area contributed by atoms with Crippen molar-refractivity contribution in [2.75, 3.05) is 46.1 Å². The molecule has 0 aromatic heterocycles. The second-order valence-corrected chi connectivity index (χ2v) is 6.16. The van der Waals surface area contributed by atoms with E-state index in [-0.39, 0.29) is 24.5 Å². The summed E-state index contributed by atoms with van der Waals surface area (Å²) in [5.41, 5.74) is 0.608. The monoisotopic (exact) mass is 348 g/mol. The molecule has 2 fully saturated rings. The van der Waals surface area contributed by atoms with Gasteiger partial charge in [-0.25, -0.2) is 0 Å². The fraction of sp³-hybridized carbons (Fsp3) is 0.556. The molecule has 1 aromatic rings. The molecule has 1 atom stereocenters. The molecule has 7 heteroatoms. The van der Waals surface area contributed by atoms with Crippen LogP contribution in [0.1, 0.15) is 23.2 Å². The van der Waals surface area contributed by atoms with Gasteiger partial charge in [-0.15, -0.1) is 0 Å². The van der Waals surface area contributed by atoms with Gasteiger partial charge >= 0.3 is 0 Å². The van der Waals surface area contributed by atoms with Crippen molar-refractivity contribution in [1.82, 2.24) is 10.2 Å². The van der Waals surface area contributed by atoms with Crippen LogP contribution in [0.4, 0.5) is 0 Å². The fourth-order valence-electron chi connectivity index (χ4n) is 2.88. The molecule has 0 bridgehead atoms. The molecule has 0 aliphatic carbocycles. The molecule has 25 heavy (non-hydrogen) atoms. The predicted octanol–water partition coefficient (Wildman–Crippen LogP) is 0.833. The highest BCUT2D eigenvalue weighted by molar-refractivity contribution is 5.94. The van der Waals surface area contributed by atoms with Crippen molar-refractivity contribution >= 4 is 11.8 Å². The largest absolute Gasteiger partial charge is 0.484 e. The highest BCUT2D eigenvalue weighted by atomic mass is 16.5. The normalized spacial score (nSPS) is 20.3. The molecule has 136 valence electrons. The van der Waals surface area contributed by atoms with Gasteiger partial charge in [-0.2, -0.15) is 0 Å². The van der Waals surface area contributed by atoms with Crippen molar-refractivity contribution in [2.24, 2.45) is 0 Å². The van der Waals surface area contributed by atoms with Crippen molar-refractivity contribution in [3.8, 4) is 5.75 Å². The first-order chi connectivity index (χ1) is 12.2. The Hall–Kier alpha value is -2.12. The van der Waals surface area contributed by atoms with Crippen LogP contribution in [0.3, 0.4) is 0 Å². The summed E-state index contributed by atoms with van der Waals surface area (Å²) < 4.78 is 16.2. The molecule has 1 unspecified atom stereocenters. The number of hydrogen-bond donors (Lipinski definition) is 1. The van der Waals surface area contributed by atoms with E-state index in [1.54, 1.807) is 29.2 Å². The molecule has 1 N–H and O–H groups in total. The third kappa shape index (κ3) is 5.17. The van der Waals surface area contributed by atoms with E-state index in [1.807, 2.05) is 0 Å². The summed E-state index contributed by atoms with van der Waals surface area (Å²) in [6.07, 6.45) is 2.15. The number of amides is 2. The molecule has 2 aliphatic heterocycles. The van der Waals surface area contributed by atoms with E-state index in [0.717, 1.165) is 19.4 Å². The molecule has 0 spiro atoms. The zero-order valence-electron chi connectivity index (χ0n) is 14.2. The number of ether oxygens (including phenoxy) is 3. The number of rotatable bonds is 6. The van der Waals surface area contributed by atoms with Crippen LogP contribution in [0.15, 0.2) is 24.3 Å². The summed E-state index contributed by atoms with van der Waals surface area (Å²) in [4.78, 5) is 25.9. The Labute approximate surface area is 147 Å². The summed E-state index contributed by atoms with van der Waals surface area (Å²) in [5.74, 6) is 0.374. The third-order valence-electron chi connectivity index (χ3n) is 4.32. The van der Waals surface area contributed by atoms with Crippen LogP contribution in [-0.2, 0) is 14.3 Å². The van der Waals surface area contributed by atoms with Crippen LogP contribution in [0.5, 0.6) is 5.75 Å². The number of morpholine rings is 1. The molecule has 2 saturated heterocycles. The lowest BCUT2D eigenvalue weighted by Crippen LogP contribution is -2.40. The van der Waals surface area contributed by atoms with Crippen molar-refractivity contribution in [2.45, 2.75) is 18.9 Å². The number of nitrogens with zero attached hydrogens (tertiary/aromatic N) is 1. The van der Waals surface area contributed by atoms with Gasteiger partial charge in [0.25, 0.3) is 11.8 Å². The molecule has 0 radical (unpaired) electrons. The Kier molecular flexibility index (Phi) is 6.25. The molecular weight excluding hydrogens is 324 g/mol. The van der Waals surface area contributed by atoms with Gasteiger partial charge in [0.05, 0.1) is 19.3 Å². The first kappa shape index (κ1) is 17.7. The Morgan fingerprint density at radius 3 is 2.60 bits per heavy atom. The molecule has 2 aliphatic rings. The summed E-state index contributed by atoms with van der Waals surface area (Å²) in [6, 6.07) is 6.86. The van der Waals surface area contributed by atoms with Crippen LogP contribution < -0.4 is 10.1 Å². The van der Waals surface area contributed by atoms with E-state index in [1.165, 1.54) is 0 Å².